The summed E-state index contributed by atoms with van der Waals surface area (Å²) in [7, 11) is 0. The molecule has 0 aliphatic carbocycles. The molecular weight excluding hydrogens is 458 g/mol. The van der Waals surface area contributed by atoms with Crippen LogP contribution >= 0.6 is 11.3 Å². The molecule has 0 atom stereocenters. The predicted octanol–water partition coefficient (Wildman–Crippen LogP) is 5.49. The summed E-state index contributed by atoms with van der Waals surface area (Å²) in [6.45, 7) is 1.00. The molecule has 0 bridgehead atoms. The number of carbonyl (C=O) groups is 2. The molecule has 0 unspecified atom stereocenters. The normalized spacial score (nSPS) is 14.4. The average Bonchev–Trinajstić information content (AvgIpc) is 3.27. The van der Waals surface area contributed by atoms with Gasteiger partial charge in [-0.2, -0.15) is 4.98 Å². The summed E-state index contributed by atoms with van der Waals surface area (Å²) in [5.41, 5.74) is 1.75. The average molecular weight is 479 g/mol. The summed E-state index contributed by atoms with van der Waals surface area (Å²) in [4.78, 5) is 31.4. The van der Waals surface area contributed by atoms with Gasteiger partial charge in [-0.1, -0.05) is 53.8 Å². The minimum atomic E-state index is -0.710. The zero-order valence-corrected chi connectivity index (χ0v) is 18.9. The van der Waals surface area contributed by atoms with E-state index < -0.39 is 11.6 Å². The molecule has 4 aromatic rings. The van der Waals surface area contributed by atoms with E-state index >= 15 is 0 Å². The molecule has 5 rings (SSSR count). The third-order valence-corrected chi connectivity index (χ3v) is 6.71. The number of rotatable bonds is 5. The molecule has 1 aliphatic rings. The quantitative estimate of drug-likeness (QED) is 0.356. The van der Waals surface area contributed by atoms with Crippen molar-refractivity contribution in [2.75, 3.05) is 13.1 Å². The molecule has 8 heteroatoms. The topological polar surface area (TPSA) is 59.5 Å². The van der Waals surface area contributed by atoms with Crippen LogP contribution < -0.4 is 4.74 Å². The number of piperidine rings is 1. The SMILES string of the molecule is O=C(c1ccccc1)c1ccc(C(=O)N2CCC(Oc3nc4c(F)cc(F)cc4s3)CC2)cc1. The minimum Gasteiger partial charge on any atom is -0.467 e. The summed E-state index contributed by atoms with van der Waals surface area (Å²) in [6, 6.07) is 17.7. The van der Waals surface area contributed by atoms with Crippen molar-refractivity contribution in [3.8, 4) is 5.19 Å². The highest BCUT2D eigenvalue weighted by atomic mass is 32.1. The van der Waals surface area contributed by atoms with Crippen LogP contribution in [-0.4, -0.2) is 40.8 Å². The van der Waals surface area contributed by atoms with Crippen molar-refractivity contribution in [1.82, 2.24) is 9.88 Å². The monoisotopic (exact) mass is 478 g/mol. The number of fused-ring (bicyclic) bond motifs is 1. The van der Waals surface area contributed by atoms with Crippen LogP contribution in [0.25, 0.3) is 10.2 Å². The van der Waals surface area contributed by atoms with Gasteiger partial charge in [0.25, 0.3) is 11.1 Å². The van der Waals surface area contributed by atoms with Crippen molar-refractivity contribution >= 4 is 33.2 Å². The number of hydrogen-bond donors (Lipinski definition) is 0. The van der Waals surface area contributed by atoms with Gasteiger partial charge in [0.05, 0.1) is 4.70 Å². The Morgan fingerprint density at radius 2 is 1.56 bits per heavy atom. The van der Waals surface area contributed by atoms with Crippen LogP contribution in [0.4, 0.5) is 8.78 Å². The van der Waals surface area contributed by atoms with E-state index in [9.17, 15) is 18.4 Å². The molecule has 1 aromatic heterocycles. The second-order valence-electron chi connectivity index (χ2n) is 8.10. The molecule has 1 amide bonds. The van der Waals surface area contributed by atoms with E-state index in [-0.39, 0.29) is 23.3 Å². The lowest BCUT2D eigenvalue weighted by molar-refractivity contribution is 0.0595. The highest BCUT2D eigenvalue weighted by molar-refractivity contribution is 7.20. The Morgan fingerprint density at radius 3 is 2.26 bits per heavy atom. The zero-order valence-electron chi connectivity index (χ0n) is 18.0. The number of halogens is 2. The van der Waals surface area contributed by atoms with Gasteiger partial charge in [0, 0.05) is 48.7 Å². The maximum Gasteiger partial charge on any atom is 0.274 e. The summed E-state index contributed by atoms with van der Waals surface area (Å²) in [6.07, 6.45) is 1.04. The number of thiazole rings is 1. The first kappa shape index (κ1) is 22.2. The lowest BCUT2D eigenvalue weighted by Crippen LogP contribution is -2.41. The summed E-state index contributed by atoms with van der Waals surface area (Å²) in [5.74, 6) is -1.55. The smallest absolute Gasteiger partial charge is 0.274 e. The van der Waals surface area contributed by atoms with Gasteiger partial charge in [-0.3, -0.25) is 9.59 Å². The number of aromatic nitrogens is 1. The van der Waals surface area contributed by atoms with E-state index in [4.69, 9.17) is 4.74 Å². The molecule has 1 saturated heterocycles. The van der Waals surface area contributed by atoms with Crippen LogP contribution in [0, 0.1) is 11.6 Å². The molecule has 1 aliphatic heterocycles. The van der Waals surface area contributed by atoms with Crippen molar-refractivity contribution in [1.29, 1.82) is 0 Å². The van der Waals surface area contributed by atoms with Crippen LogP contribution in [0.15, 0.2) is 66.7 Å². The van der Waals surface area contributed by atoms with Crippen molar-refractivity contribution in [2.24, 2.45) is 0 Å². The second kappa shape index (κ2) is 9.30. The standard InChI is InChI=1S/C26H20F2N2O3S/c27-19-14-21(28)23-22(15-19)34-26(29-23)33-20-10-12-30(13-11-20)25(32)18-8-6-17(7-9-18)24(31)16-4-2-1-3-5-16/h1-9,14-15,20H,10-13H2. The molecule has 3 aromatic carbocycles. The van der Waals surface area contributed by atoms with E-state index in [0.717, 1.165) is 17.4 Å². The molecular formula is C26H20F2N2O3S. The number of amides is 1. The van der Waals surface area contributed by atoms with Crippen LogP contribution in [0.5, 0.6) is 5.19 Å². The van der Waals surface area contributed by atoms with E-state index in [1.54, 1.807) is 41.3 Å². The van der Waals surface area contributed by atoms with Gasteiger partial charge in [0.15, 0.2) is 11.6 Å². The van der Waals surface area contributed by atoms with E-state index in [1.165, 1.54) is 6.07 Å². The number of nitrogens with zero attached hydrogens (tertiary/aromatic N) is 2. The number of likely N-dealkylation sites (tertiary alicyclic amines) is 1. The number of carbonyl (C=O) groups excluding carboxylic acids is 2. The maximum absolute atomic E-state index is 13.9. The number of benzene rings is 3. The van der Waals surface area contributed by atoms with Crippen LogP contribution in [0.1, 0.15) is 39.1 Å². The van der Waals surface area contributed by atoms with Gasteiger partial charge in [-0.05, 0) is 18.2 Å². The van der Waals surface area contributed by atoms with E-state index in [1.807, 2.05) is 18.2 Å². The molecule has 2 heterocycles. The fraction of sp³-hybridized carbons (Fsp3) is 0.192. The minimum absolute atomic E-state index is 0.0879. The Bertz CT molecular complexity index is 1350. The zero-order chi connectivity index (χ0) is 23.7. The largest absolute Gasteiger partial charge is 0.467 e. The van der Waals surface area contributed by atoms with Crippen LogP contribution in [0.2, 0.25) is 0 Å². The number of ketones is 1. The molecule has 5 nitrogen and oxygen atoms in total. The van der Waals surface area contributed by atoms with Gasteiger partial charge >= 0.3 is 0 Å². The fourth-order valence-electron chi connectivity index (χ4n) is 4.01. The first-order chi connectivity index (χ1) is 16.5. The van der Waals surface area contributed by atoms with Gasteiger partial charge in [0.1, 0.15) is 17.4 Å². The molecule has 172 valence electrons. The van der Waals surface area contributed by atoms with Crippen LogP contribution in [-0.2, 0) is 0 Å². The Balaban J connectivity index is 1.19. The first-order valence-electron chi connectivity index (χ1n) is 10.9. The van der Waals surface area contributed by atoms with E-state index in [2.05, 4.69) is 4.98 Å². The Kier molecular flexibility index (Phi) is 6.06. The second-order valence-corrected chi connectivity index (χ2v) is 9.09. The summed E-state index contributed by atoms with van der Waals surface area (Å²) in [5, 5.41) is 0.294. The third kappa shape index (κ3) is 4.54. The fourth-order valence-corrected chi connectivity index (χ4v) is 4.93. The summed E-state index contributed by atoms with van der Waals surface area (Å²) < 4.78 is 33.6. The molecule has 0 N–H and O–H groups in total. The van der Waals surface area contributed by atoms with Gasteiger partial charge in [-0.25, -0.2) is 8.78 Å². The van der Waals surface area contributed by atoms with Gasteiger partial charge < -0.3 is 9.64 Å². The molecule has 0 radical (unpaired) electrons. The van der Waals surface area contributed by atoms with Crippen molar-refractivity contribution in [2.45, 2.75) is 18.9 Å². The highest BCUT2D eigenvalue weighted by Gasteiger charge is 2.26. The lowest BCUT2D eigenvalue weighted by Gasteiger charge is -2.31. The lowest BCUT2D eigenvalue weighted by atomic mass is 10.0. The Labute approximate surface area is 198 Å². The Hall–Kier alpha value is -3.65. The van der Waals surface area contributed by atoms with Gasteiger partial charge in [-0.15, -0.1) is 0 Å². The predicted molar refractivity (Wildman–Crippen MR) is 125 cm³/mol. The van der Waals surface area contributed by atoms with E-state index in [0.29, 0.717) is 52.5 Å². The maximum atomic E-state index is 13.9. The van der Waals surface area contributed by atoms with Crippen LogP contribution in [0.3, 0.4) is 0 Å². The Morgan fingerprint density at radius 1 is 0.912 bits per heavy atom. The first-order valence-corrected chi connectivity index (χ1v) is 11.7. The number of hydrogen-bond acceptors (Lipinski definition) is 5. The van der Waals surface area contributed by atoms with Crippen molar-refractivity contribution in [3.63, 3.8) is 0 Å². The third-order valence-electron chi connectivity index (χ3n) is 5.82. The molecule has 0 saturated carbocycles. The number of ether oxygens (including phenoxy) is 1. The summed E-state index contributed by atoms with van der Waals surface area (Å²) >= 11 is 1.10. The van der Waals surface area contributed by atoms with Crippen molar-refractivity contribution in [3.05, 3.63) is 95.1 Å². The van der Waals surface area contributed by atoms with Gasteiger partial charge in [0.2, 0.25) is 0 Å². The molecule has 0 spiro atoms. The van der Waals surface area contributed by atoms with Crippen molar-refractivity contribution < 1.29 is 23.1 Å². The highest BCUT2D eigenvalue weighted by Crippen LogP contribution is 2.32. The molecule has 34 heavy (non-hydrogen) atoms. The molecule has 1 fully saturated rings.